The Morgan fingerprint density at radius 2 is 1.80 bits per heavy atom. The Morgan fingerprint density at radius 3 is 2.30 bits per heavy atom. The smallest absolute Gasteiger partial charge is 0.410 e. The van der Waals surface area contributed by atoms with Gasteiger partial charge in [-0.15, -0.1) is 0 Å². The largest absolute Gasteiger partial charge is 0.458 e. The van der Waals surface area contributed by atoms with E-state index in [0.717, 1.165) is 5.56 Å². The average Bonchev–Trinajstić information content (AvgIpc) is 2.45. The normalized spacial score (nSPS) is 13.2. The summed E-state index contributed by atoms with van der Waals surface area (Å²) in [5.41, 5.74) is -0.380. The molecule has 0 aliphatic rings. The van der Waals surface area contributed by atoms with Gasteiger partial charge in [-0.05, 0) is 18.9 Å². The molecule has 1 unspecified atom stereocenters. The first kappa shape index (κ1) is 16.0. The van der Waals surface area contributed by atoms with Crippen LogP contribution in [0.2, 0.25) is 0 Å². The maximum atomic E-state index is 12.1. The van der Waals surface area contributed by atoms with Gasteiger partial charge in [0.05, 0.1) is 0 Å². The van der Waals surface area contributed by atoms with Crippen molar-refractivity contribution in [2.75, 3.05) is 14.1 Å². The number of carbonyl (C=O) groups excluding carboxylic acids is 2. The molecule has 5 nitrogen and oxygen atoms in total. The predicted molar refractivity (Wildman–Crippen MR) is 75.1 cm³/mol. The molecule has 0 fully saturated rings. The second-order valence-electron chi connectivity index (χ2n) is 4.91. The number of hydrogen-bond donors (Lipinski definition) is 0. The first-order valence-electron chi connectivity index (χ1n) is 6.50. The standard InChI is InChI=1S/C15H21NO4/c1-5-15(2,20-14(18)16(3)4)13(17)19-11-12-9-7-6-8-10-12/h6-10H,5,11H2,1-4H3. The van der Waals surface area contributed by atoms with Crippen molar-refractivity contribution in [2.24, 2.45) is 0 Å². The highest BCUT2D eigenvalue weighted by atomic mass is 16.6. The zero-order chi connectivity index (χ0) is 15.2. The number of amides is 1. The minimum atomic E-state index is -1.27. The number of esters is 1. The van der Waals surface area contributed by atoms with Crippen LogP contribution >= 0.6 is 0 Å². The number of carbonyl (C=O) groups is 2. The lowest BCUT2D eigenvalue weighted by atomic mass is 10.0. The van der Waals surface area contributed by atoms with E-state index in [2.05, 4.69) is 0 Å². The van der Waals surface area contributed by atoms with Crippen molar-refractivity contribution >= 4 is 12.1 Å². The van der Waals surface area contributed by atoms with Crippen LogP contribution in [-0.4, -0.2) is 36.7 Å². The fraction of sp³-hybridized carbons (Fsp3) is 0.467. The molecule has 0 aromatic heterocycles. The van der Waals surface area contributed by atoms with Crippen LogP contribution in [0.15, 0.2) is 30.3 Å². The summed E-state index contributed by atoms with van der Waals surface area (Å²) in [4.78, 5) is 25.0. The molecule has 0 saturated carbocycles. The molecule has 0 heterocycles. The maximum Gasteiger partial charge on any atom is 0.410 e. The summed E-state index contributed by atoms with van der Waals surface area (Å²) in [5, 5.41) is 0. The molecule has 1 rings (SSSR count). The van der Waals surface area contributed by atoms with Crippen LogP contribution in [0.3, 0.4) is 0 Å². The Hall–Kier alpha value is -2.04. The van der Waals surface area contributed by atoms with Gasteiger partial charge in [0.2, 0.25) is 5.60 Å². The van der Waals surface area contributed by atoms with E-state index >= 15 is 0 Å². The topological polar surface area (TPSA) is 55.8 Å². The van der Waals surface area contributed by atoms with Crippen LogP contribution in [0, 0.1) is 0 Å². The third kappa shape index (κ3) is 4.26. The van der Waals surface area contributed by atoms with Crippen molar-refractivity contribution in [3.63, 3.8) is 0 Å². The third-order valence-corrected chi connectivity index (χ3v) is 3.00. The first-order chi connectivity index (χ1) is 9.39. The van der Waals surface area contributed by atoms with Gasteiger partial charge in [0.1, 0.15) is 6.61 Å². The molecular formula is C15H21NO4. The van der Waals surface area contributed by atoms with Gasteiger partial charge in [0.25, 0.3) is 0 Å². The van der Waals surface area contributed by atoms with Crippen molar-refractivity contribution in [3.05, 3.63) is 35.9 Å². The van der Waals surface area contributed by atoms with Crippen LogP contribution in [0.5, 0.6) is 0 Å². The van der Waals surface area contributed by atoms with E-state index in [1.807, 2.05) is 30.3 Å². The highest BCUT2D eigenvalue weighted by molar-refractivity contribution is 5.82. The lowest BCUT2D eigenvalue weighted by molar-refractivity contribution is -0.166. The van der Waals surface area contributed by atoms with Crippen LogP contribution in [0.1, 0.15) is 25.8 Å². The van der Waals surface area contributed by atoms with Crippen molar-refractivity contribution in [1.82, 2.24) is 4.90 Å². The van der Waals surface area contributed by atoms with Gasteiger partial charge in [-0.2, -0.15) is 0 Å². The van der Waals surface area contributed by atoms with E-state index in [4.69, 9.17) is 9.47 Å². The number of nitrogens with zero attached hydrogens (tertiary/aromatic N) is 1. The van der Waals surface area contributed by atoms with Crippen LogP contribution in [0.4, 0.5) is 4.79 Å². The van der Waals surface area contributed by atoms with Crippen LogP contribution in [-0.2, 0) is 20.9 Å². The predicted octanol–water partition coefficient (Wildman–Crippen LogP) is 2.60. The highest BCUT2D eigenvalue weighted by Gasteiger charge is 2.38. The Bertz CT molecular complexity index is 458. The second-order valence-corrected chi connectivity index (χ2v) is 4.91. The molecule has 1 amide bonds. The molecule has 0 aliphatic heterocycles. The van der Waals surface area contributed by atoms with Crippen LogP contribution < -0.4 is 0 Å². The third-order valence-electron chi connectivity index (χ3n) is 3.00. The molecule has 0 N–H and O–H groups in total. The second kappa shape index (κ2) is 6.93. The summed E-state index contributed by atoms with van der Waals surface area (Å²) in [6.45, 7) is 3.49. The van der Waals surface area contributed by atoms with Gasteiger partial charge in [-0.3, -0.25) is 0 Å². The Kier molecular flexibility index (Phi) is 5.55. The highest BCUT2D eigenvalue weighted by Crippen LogP contribution is 2.19. The van der Waals surface area contributed by atoms with Gasteiger partial charge in [-0.1, -0.05) is 37.3 Å². The summed E-state index contributed by atoms with van der Waals surface area (Å²) in [6, 6.07) is 9.35. The molecule has 5 heteroatoms. The molecule has 0 radical (unpaired) electrons. The Labute approximate surface area is 119 Å². The van der Waals surface area contributed by atoms with Gasteiger partial charge < -0.3 is 14.4 Å². The quantitative estimate of drug-likeness (QED) is 0.777. The van der Waals surface area contributed by atoms with Crippen molar-refractivity contribution in [3.8, 4) is 0 Å². The Balaban J connectivity index is 2.64. The van der Waals surface area contributed by atoms with E-state index in [1.54, 1.807) is 27.9 Å². The number of benzene rings is 1. The van der Waals surface area contributed by atoms with E-state index in [1.165, 1.54) is 4.90 Å². The zero-order valence-corrected chi connectivity index (χ0v) is 12.4. The summed E-state index contributed by atoms with van der Waals surface area (Å²) < 4.78 is 10.4. The van der Waals surface area contributed by atoms with E-state index in [0.29, 0.717) is 6.42 Å². The summed E-state index contributed by atoms with van der Waals surface area (Å²) >= 11 is 0. The van der Waals surface area contributed by atoms with Crippen molar-refractivity contribution < 1.29 is 19.1 Å². The lowest BCUT2D eigenvalue weighted by Crippen LogP contribution is -2.43. The monoisotopic (exact) mass is 279 g/mol. The molecular weight excluding hydrogens is 258 g/mol. The molecule has 1 aromatic rings. The van der Waals surface area contributed by atoms with Gasteiger partial charge in [0, 0.05) is 14.1 Å². The Morgan fingerprint density at radius 1 is 1.20 bits per heavy atom. The SMILES string of the molecule is CCC(C)(OC(=O)N(C)C)C(=O)OCc1ccccc1. The average molecular weight is 279 g/mol. The molecule has 0 saturated heterocycles. The van der Waals surface area contributed by atoms with Crippen molar-refractivity contribution in [1.29, 1.82) is 0 Å². The van der Waals surface area contributed by atoms with Crippen molar-refractivity contribution in [2.45, 2.75) is 32.5 Å². The van der Waals surface area contributed by atoms with E-state index in [-0.39, 0.29) is 6.61 Å². The number of hydrogen-bond acceptors (Lipinski definition) is 4. The molecule has 1 aromatic carbocycles. The lowest BCUT2D eigenvalue weighted by Gasteiger charge is -2.27. The summed E-state index contributed by atoms with van der Waals surface area (Å²) in [7, 11) is 3.13. The molecule has 0 bridgehead atoms. The van der Waals surface area contributed by atoms with Gasteiger partial charge in [-0.25, -0.2) is 9.59 Å². The van der Waals surface area contributed by atoms with E-state index in [9.17, 15) is 9.59 Å². The number of rotatable bonds is 5. The first-order valence-corrected chi connectivity index (χ1v) is 6.50. The summed E-state index contributed by atoms with van der Waals surface area (Å²) in [5.74, 6) is -0.543. The minimum Gasteiger partial charge on any atom is -0.458 e. The van der Waals surface area contributed by atoms with Gasteiger partial charge in [0.15, 0.2) is 0 Å². The molecule has 20 heavy (non-hydrogen) atoms. The number of ether oxygens (including phenoxy) is 2. The molecule has 0 aliphatic carbocycles. The van der Waals surface area contributed by atoms with Crippen LogP contribution in [0.25, 0.3) is 0 Å². The van der Waals surface area contributed by atoms with Gasteiger partial charge >= 0.3 is 12.1 Å². The molecule has 0 spiro atoms. The van der Waals surface area contributed by atoms with E-state index < -0.39 is 17.7 Å². The molecule has 1 atom stereocenters. The minimum absolute atomic E-state index is 0.161. The fourth-order valence-corrected chi connectivity index (χ4v) is 1.42. The maximum absolute atomic E-state index is 12.1. The zero-order valence-electron chi connectivity index (χ0n) is 12.4. The fourth-order valence-electron chi connectivity index (χ4n) is 1.42. The molecule has 110 valence electrons. The summed E-state index contributed by atoms with van der Waals surface area (Å²) in [6.07, 6.45) is -0.216.